The number of nitrogens with zero attached hydrogens (tertiary/aromatic N) is 2. The topological polar surface area (TPSA) is 18.5 Å². The van der Waals surface area contributed by atoms with Gasteiger partial charge >= 0.3 is 0 Å². The molecule has 0 aliphatic carbocycles. The van der Waals surface area contributed by atoms with E-state index in [9.17, 15) is 0 Å². The number of rotatable bonds is 7. The lowest BCUT2D eigenvalue weighted by atomic mass is 9.98. The van der Waals surface area contributed by atoms with Crippen LogP contribution in [-0.2, 0) is 0 Å². The van der Waals surface area contributed by atoms with Crippen molar-refractivity contribution in [1.82, 2.24) is 15.1 Å². The molecule has 0 aliphatic rings. The molecule has 0 heterocycles. The van der Waals surface area contributed by atoms with Crippen LogP contribution in [0.3, 0.4) is 0 Å². The Bertz CT molecular complexity index is 388. The van der Waals surface area contributed by atoms with E-state index in [4.69, 9.17) is 0 Å². The van der Waals surface area contributed by atoms with Crippen molar-refractivity contribution in [2.24, 2.45) is 0 Å². The van der Waals surface area contributed by atoms with Crippen LogP contribution in [0.5, 0.6) is 0 Å². The van der Waals surface area contributed by atoms with Gasteiger partial charge in [-0.2, -0.15) is 0 Å². The molecule has 1 atom stereocenters. The summed E-state index contributed by atoms with van der Waals surface area (Å²) < 4.78 is 0. The van der Waals surface area contributed by atoms with Gasteiger partial charge < -0.3 is 15.1 Å². The molecule has 0 bridgehead atoms. The number of hydrogen-bond donors (Lipinski definition) is 1. The highest BCUT2D eigenvalue weighted by Crippen LogP contribution is 2.19. The molecule has 0 spiro atoms. The average molecular weight is 263 g/mol. The number of likely N-dealkylation sites (N-methyl/N-ethyl adjacent to an activating group) is 3. The summed E-state index contributed by atoms with van der Waals surface area (Å²) in [4.78, 5) is 4.62. The Morgan fingerprint density at radius 1 is 1.11 bits per heavy atom. The molecule has 0 aromatic heterocycles. The normalized spacial score (nSPS) is 13.3. The third kappa shape index (κ3) is 5.31. The lowest BCUT2D eigenvalue weighted by molar-refractivity contribution is 0.260. The number of aryl methyl sites for hydroxylation is 2. The van der Waals surface area contributed by atoms with E-state index >= 15 is 0 Å². The maximum Gasteiger partial charge on any atom is 0.0449 e. The van der Waals surface area contributed by atoms with E-state index in [0.717, 1.165) is 19.6 Å². The van der Waals surface area contributed by atoms with Gasteiger partial charge in [0.25, 0.3) is 0 Å². The summed E-state index contributed by atoms with van der Waals surface area (Å²) in [6, 6.07) is 7.10. The maximum absolute atomic E-state index is 3.45. The quantitative estimate of drug-likeness (QED) is 0.812. The molecule has 0 radical (unpaired) electrons. The zero-order valence-corrected chi connectivity index (χ0v) is 13.3. The van der Waals surface area contributed by atoms with Crippen LogP contribution in [0.1, 0.15) is 22.7 Å². The molecule has 1 N–H and O–H groups in total. The van der Waals surface area contributed by atoms with Gasteiger partial charge in [0.1, 0.15) is 0 Å². The van der Waals surface area contributed by atoms with Crippen LogP contribution in [0.4, 0.5) is 0 Å². The summed E-state index contributed by atoms with van der Waals surface area (Å²) in [7, 11) is 8.48. The van der Waals surface area contributed by atoms with Crippen molar-refractivity contribution >= 4 is 0 Å². The zero-order valence-electron chi connectivity index (χ0n) is 13.3. The molecule has 3 heteroatoms. The summed E-state index contributed by atoms with van der Waals surface area (Å²) in [6.07, 6.45) is 0. The van der Waals surface area contributed by atoms with Crippen molar-refractivity contribution < 1.29 is 0 Å². The molecular formula is C16H29N3. The van der Waals surface area contributed by atoms with Crippen molar-refractivity contribution in [2.45, 2.75) is 19.9 Å². The Labute approximate surface area is 118 Å². The van der Waals surface area contributed by atoms with E-state index in [1.807, 2.05) is 7.05 Å². The maximum atomic E-state index is 3.45. The minimum atomic E-state index is 0.395. The molecule has 0 saturated carbocycles. The fourth-order valence-corrected chi connectivity index (χ4v) is 2.25. The molecule has 0 fully saturated rings. The minimum Gasteiger partial charge on any atom is -0.312 e. The molecule has 0 amide bonds. The molecule has 1 aromatic carbocycles. The van der Waals surface area contributed by atoms with Gasteiger partial charge in [-0.05, 0) is 53.2 Å². The Morgan fingerprint density at radius 2 is 1.79 bits per heavy atom. The Morgan fingerprint density at radius 3 is 2.37 bits per heavy atom. The monoisotopic (exact) mass is 263 g/mol. The highest BCUT2D eigenvalue weighted by molar-refractivity contribution is 5.33. The van der Waals surface area contributed by atoms with Gasteiger partial charge in [0.05, 0.1) is 0 Å². The first kappa shape index (κ1) is 16.2. The SMILES string of the molecule is CNC(CN(C)CCN(C)C)c1cc(C)ccc1C. The zero-order chi connectivity index (χ0) is 14.4. The van der Waals surface area contributed by atoms with Crippen LogP contribution in [-0.4, -0.2) is 57.6 Å². The second kappa shape index (κ2) is 7.63. The van der Waals surface area contributed by atoms with Crippen molar-refractivity contribution in [1.29, 1.82) is 0 Å². The number of benzene rings is 1. The molecular weight excluding hydrogens is 234 g/mol. The van der Waals surface area contributed by atoms with Crippen LogP contribution in [0.25, 0.3) is 0 Å². The summed E-state index contributed by atoms with van der Waals surface area (Å²) in [5.74, 6) is 0. The molecule has 108 valence electrons. The van der Waals surface area contributed by atoms with Gasteiger partial charge in [0.2, 0.25) is 0 Å². The standard InChI is InChI=1S/C16H29N3/c1-13-7-8-14(2)15(11-13)16(17-3)12-19(6)10-9-18(4)5/h7-8,11,16-17H,9-10,12H2,1-6H3. The van der Waals surface area contributed by atoms with Crippen LogP contribution in [0, 0.1) is 13.8 Å². The first-order valence-corrected chi connectivity index (χ1v) is 7.01. The van der Waals surface area contributed by atoms with Gasteiger partial charge in [-0.15, -0.1) is 0 Å². The fourth-order valence-electron chi connectivity index (χ4n) is 2.25. The van der Waals surface area contributed by atoms with Crippen LogP contribution in [0.2, 0.25) is 0 Å². The summed E-state index contributed by atoms with van der Waals surface area (Å²) >= 11 is 0. The second-order valence-corrected chi connectivity index (χ2v) is 5.77. The van der Waals surface area contributed by atoms with Crippen molar-refractivity contribution in [3.05, 3.63) is 34.9 Å². The average Bonchev–Trinajstić information content (AvgIpc) is 2.36. The third-order valence-corrected chi connectivity index (χ3v) is 3.58. The largest absolute Gasteiger partial charge is 0.312 e. The molecule has 0 saturated heterocycles. The predicted octanol–water partition coefficient (Wildman–Crippen LogP) is 2.06. The van der Waals surface area contributed by atoms with Crippen LogP contribution < -0.4 is 5.32 Å². The number of hydrogen-bond acceptors (Lipinski definition) is 3. The second-order valence-electron chi connectivity index (χ2n) is 5.77. The smallest absolute Gasteiger partial charge is 0.0449 e. The van der Waals surface area contributed by atoms with Gasteiger partial charge in [0, 0.05) is 25.7 Å². The molecule has 1 aromatic rings. The van der Waals surface area contributed by atoms with E-state index in [1.54, 1.807) is 0 Å². The summed E-state index contributed by atoms with van der Waals surface area (Å²) in [6.45, 7) is 7.58. The van der Waals surface area contributed by atoms with Gasteiger partial charge in [0.15, 0.2) is 0 Å². The minimum absolute atomic E-state index is 0.395. The van der Waals surface area contributed by atoms with Crippen LogP contribution >= 0.6 is 0 Å². The van der Waals surface area contributed by atoms with Crippen LogP contribution in [0.15, 0.2) is 18.2 Å². The first-order chi connectivity index (χ1) is 8.93. The Kier molecular flexibility index (Phi) is 6.49. The Hall–Kier alpha value is -0.900. The molecule has 19 heavy (non-hydrogen) atoms. The van der Waals surface area contributed by atoms with Gasteiger partial charge in [-0.1, -0.05) is 23.8 Å². The lowest BCUT2D eigenvalue weighted by Crippen LogP contribution is -2.35. The molecule has 1 rings (SSSR count). The molecule has 1 unspecified atom stereocenters. The fraction of sp³-hybridized carbons (Fsp3) is 0.625. The van der Waals surface area contributed by atoms with E-state index in [0.29, 0.717) is 6.04 Å². The van der Waals surface area contributed by atoms with Crippen molar-refractivity contribution in [3.8, 4) is 0 Å². The summed E-state index contributed by atoms with van der Waals surface area (Å²) in [5, 5.41) is 3.45. The first-order valence-electron chi connectivity index (χ1n) is 7.01. The Balaban J connectivity index is 2.69. The number of nitrogens with one attached hydrogen (secondary N) is 1. The lowest BCUT2D eigenvalue weighted by Gasteiger charge is -2.26. The highest BCUT2D eigenvalue weighted by atomic mass is 15.2. The molecule has 3 nitrogen and oxygen atoms in total. The third-order valence-electron chi connectivity index (χ3n) is 3.58. The van der Waals surface area contributed by atoms with E-state index in [2.05, 4.69) is 68.3 Å². The van der Waals surface area contributed by atoms with E-state index in [1.165, 1.54) is 16.7 Å². The van der Waals surface area contributed by atoms with Gasteiger partial charge in [-0.3, -0.25) is 0 Å². The van der Waals surface area contributed by atoms with Crippen molar-refractivity contribution in [3.63, 3.8) is 0 Å². The molecule has 0 aliphatic heterocycles. The van der Waals surface area contributed by atoms with Gasteiger partial charge in [-0.25, -0.2) is 0 Å². The highest BCUT2D eigenvalue weighted by Gasteiger charge is 2.14. The summed E-state index contributed by atoms with van der Waals surface area (Å²) in [5.41, 5.74) is 4.11. The predicted molar refractivity (Wildman–Crippen MR) is 83.8 cm³/mol. The van der Waals surface area contributed by atoms with E-state index in [-0.39, 0.29) is 0 Å². The van der Waals surface area contributed by atoms with E-state index < -0.39 is 0 Å². The van der Waals surface area contributed by atoms with Crippen molar-refractivity contribution in [2.75, 3.05) is 47.8 Å².